The van der Waals surface area contributed by atoms with Gasteiger partial charge in [-0.3, -0.25) is 4.79 Å². The zero-order valence-electron chi connectivity index (χ0n) is 10.2. The zero-order chi connectivity index (χ0) is 12.3. The van der Waals surface area contributed by atoms with Gasteiger partial charge in [0.05, 0.1) is 0 Å². The van der Waals surface area contributed by atoms with Crippen molar-refractivity contribution in [2.75, 3.05) is 6.54 Å². The summed E-state index contributed by atoms with van der Waals surface area (Å²) in [6.45, 7) is 9.43. The molecule has 1 unspecified atom stereocenters. The molecule has 0 radical (unpaired) electrons. The van der Waals surface area contributed by atoms with Crippen molar-refractivity contribution in [3.63, 3.8) is 0 Å². The lowest BCUT2D eigenvalue weighted by atomic mass is 10.1. The highest BCUT2D eigenvalue weighted by Gasteiger charge is 2.35. The number of nitrogens with zero attached hydrogens (tertiary/aromatic N) is 1. The molecule has 0 bridgehead atoms. The predicted octanol–water partition coefficient (Wildman–Crippen LogP) is 2.35. The minimum atomic E-state index is -0.562. The Balaban J connectivity index is 2.58. The summed E-state index contributed by atoms with van der Waals surface area (Å²) in [5.41, 5.74) is -0.562. The quantitative estimate of drug-likeness (QED) is 0.678. The maximum absolute atomic E-state index is 11.7. The molecule has 1 heterocycles. The van der Waals surface area contributed by atoms with E-state index in [-0.39, 0.29) is 11.8 Å². The van der Waals surface area contributed by atoms with E-state index in [1.165, 1.54) is 4.90 Å². The summed E-state index contributed by atoms with van der Waals surface area (Å²) in [5, 5.41) is 0. The summed E-state index contributed by atoms with van der Waals surface area (Å²) < 4.78 is 5.16. The van der Waals surface area contributed by atoms with Crippen LogP contribution in [0.15, 0.2) is 12.7 Å². The minimum Gasteiger partial charge on any atom is -0.443 e. The van der Waals surface area contributed by atoms with E-state index in [9.17, 15) is 9.59 Å². The summed E-state index contributed by atoms with van der Waals surface area (Å²) in [7, 11) is 0. The van der Waals surface area contributed by atoms with Crippen LogP contribution in [0.2, 0.25) is 0 Å². The highest BCUT2D eigenvalue weighted by atomic mass is 16.6. The van der Waals surface area contributed by atoms with Gasteiger partial charge in [0.2, 0.25) is 5.91 Å². The smallest absolute Gasteiger partial charge is 0.417 e. The lowest BCUT2D eigenvalue weighted by Gasteiger charge is -2.23. The standard InChI is InChI=1S/C12H19NO3/c1-5-6-9-7-10(14)13(8-9)11(15)16-12(2,3)4/h5,9H,1,6-8H2,2-4H3. The molecule has 1 saturated heterocycles. The largest absolute Gasteiger partial charge is 0.443 e. The van der Waals surface area contributed by atoms with Crippen molar-refractivity contribution >= 4 is 12.0 Å². The fourth-order valence-corrected chi connectivity index (χ4v) is 1.67. The second-order valence-electron chi connectivity index (χ2n) is 5.08. The lowest BCUT2D eigenvalue weighted by molar-refractivity contribution is -0.127. The normalized spacial score (nSPS) is 21.1. The molecular weight excluding hydrogens is 206 g/mol. The molecule has 0 aliphatic carbocycles. The molecule has 16 heavy (non-hydrogen) atoms. The number of rotatable bonds is 2. The summed E-state index contributed by atoms with van der Waals surface area (Å²) in [6.07, 6.45) is 2.40. The van der Waals surface area contributed by atoms with Crippen molar-refractivity contribution in [1.82, 2.24) is 4.90 Å². The molecule has 1 aliphatic heterocycles. The second-order valence-corrected chi connectivity index (χ2v) is 5.08. The van der Waals surface area contributed by atoms with Gasteiger partial charge in [-0.25, -0.2) is 9.69 Å². The monoisotopic (exact) mass is 225 g/mol. The van der Waals surface area contributed by atoms with Crippen LogP contribution < -0.4 is 0 Å². The number of hydrogen-bond acceptors (Lipinski definition) is 3. The van der Waals surface area contributed by atoms with E-state index in [2.05, 4.69) is 6.58 Å². The van der Waals surface area contributed by atoms with Crippen molar-refractivity contribution in [2.45, 2.75) is 39.2 Å². The van der Waals surface area contributed by atoms with Crippen LogP contribution in [-0.4, -0.2) is 29.0 Å². The number of hydrogen-bond donors (Lipinski definition) is 0. The van der Waals surface area contributed by atoms with Gasteiger partial charge < -0.3 is 4.74 Å². The average molecular weight is 225 g/mol. The van der Waals surface area contributed by atoms with Gasteiger partial charge in [0.1, 0.15) is 5.60 Å². The molecule has 1 rings (SSSR count). The highest BCUT2D eigenvalue weighted by molar-refractivity contribution is 5.93. The molecule has 0 aromatic heterocycles. The first-order valence-corrected chi connectivity index (χ1v) is 5.47. The van der Waals surface area contributed by atoms with Gasteiger partial charge >= 0.3 is 6.09 Å². The highest BCUT2D eigenvalue weighted by Crippen LogP contribution is 2.23. The molecular formula is C12H19NO3. The van der Waals surface area contributed by atoms with Crippen LogP contribution in [0.3, 0.4) is 0 Å². The van der Waals surface area contributed by atoms with Crippen LogP contribution in [0, 0.1) is 5.92 Å². The van der Waals surface area contributed by atoms with E-state index < -0.39 is 11.7 Å². The third-order valence-electron chi connectivity index (χ3n) is 2.32. The SMILES string of the molecule is C=CCC1CC(=O)N(C(=O)OC(C)(C)C)C1. The second kappa shape index (κ2) is 4.68. The third kappa shape index (κ3) is 3.36. The molecule has 1 fully saturated rings. The number of carbonyl (C=O) groups excluding carboxylic acids is 2. The fraction of sp³-hybridized carbons (Fsp3) is 0.667. The van der Waals surface area contributed by atoms with Crippen molar-refractivity contribution < 1.29 is 14.3 Å². The third-order valence-corrected chi connectivity index (χ3v) is 2.32. The Kier molecular flexibility index (Phi) is 3.73. The van der Waals surface area contributed by atoms with Gasteiger partial charge in [-0.1, -0.05) is 6.08 Å². The molecule has 2 amide bonds. The van der Waals surface area contributed by atoms with E-state index in [0.717, 1.165) is 6.42 Å². The maximum Gasteiger partial charge on any atom is 0.417 e. The minimum absolute atomic E-state index is 0.152. The average Bonchev–Trinajstić information content (AvgIpc) is 2.44. The van der Waals surface area contributed by atoms with Gasteiger partial charge in [0, 0.05) is 13.0 Å². The predicted molar refractivity (Wildman–Crippen MR) is 60.9 cm³/mol. The van der Waals surface area contributed by atoms with Crippen LogP contribution in [0.25, 0.3) is 0 Å². The molecule has 0 saturated carbocycles. The first kappa shape index (κ1) is 12.7. The van der Waals surface area contributed by atoms with Gasteiger partial charge in [-0.05, 0) is 33.1 Å². The number of carbonyl (C=O) groups is 2. The Morgan fingerprint density at radius 2 is 2.25 bits per heavy atom. The first-order valence-electron chi connectivity index (χ1n) is 5.47. The Morgan fingerprint density at radius 3 is 2.75 bits per heavy atom. The zero-order valence-corrected chi connectivity index (χ0v) is 10.2. The van der Waals surface area contributed by atoms with Gasteiger partial charge in [-0.15, -0.1) is 6.58 Å². The number of imide groups is 1. The molecule has 1 atom stereocenters. The molecule has 0 aromatic rings. The van der Waals surface area contributed by atoms with Crippen LogP contribution >= 0.6 is 0 Å². The Bertz CT molecular complexity index is 304. The van der Waals surface area contributed by atoms with Gasteiger partial charge in [-0.2, -0.15) is 0 Å². The van der Waals surface area contributed by atoms with Crippen LogP contribution in [0.1, 0.15) is 33.6 Å². The van der Waals surface area contributed by atoms with Crippen molar-refractivity contribution in [3.8, 4) is 0 Å². The number of ether oxygens (including phenoxy) is 1. The van der Waals surface area contributed by atoms with E-state index >= 15 is 0 Å². The molecule has 4 nitrogen and oxygen atoms in total. The van der Waals surface area contributed by atoms with Crippen molar-refractivity contribution in [3.05, 3.63) is 12.7 Å². The summed E-state index contributed by atoms with van der Waals surface area (Å²) in [6, 6.07) is 0. The molecule has 4 heteroatoms. The number of amides is 2. The van der Waals surface area contributed by atoms with Crippen molar-refractivity contribution in [2.24, 2.45) is 5.92 Å². The Labute approximate surface area is 96.3 Å². The lowest BCUT2D eigenvalue weighted by Crippen LogP contribution is -2.37. The molecule has 1 aliphatic rings. The van der Waals surface area contributed by atoms with E-state index in [4.69, 9.17) is 4.74 Å². The Morgan fingerprint density at radius 1 is 1.62 bits per heavy atom. The molecule has 0 spiro atoms. The summed E-state index contributed by atoms with van der Waals surface area (Å²) in [4.78, 5) is 24.4. The molecule has 0 N–H and O–H groups in total. The molecule has 0 aromatic carbocycles. The van der Waals surface area contributed by atoms with Crippen LogP contribution in [0.5, 0.6) is 0 Å². The molecule has 90 valence electrons. The van der Waals surface area contributed by atoms with Crippen LogP contribution in [-0.2, 0) is 9.53 Å². The van der Waals surface area contributed by atoms with Gasteiger partial charge in [0.25, 0.3) is 0 Å². The first-order chi connectivity index (χ1) is 7.33. The van der Waals surface area contributed by atoms with E-state index in [1.54, 1.807) is 26.8 Å². The topological polar surface area (TPSA) is 46.6 Å². The number of allylic oxidation sites excluding steroid dienone is 1. The fourth-order valence-electron chi connectivity index (χ4n) is 1.67. The Hall–Kier alpha value is -1.32. The van der Waals surface area contributed by atoms with Crippen LogP contribution in [0.4, 0.5) is 4.79 Å². The van der Waals surface area contributed by atoms with Crippen molar-refractivity contribution in [1.29, 1.82) is 0 Å². The summed E-state index contributed by atoms with van der Waals surface area (Å²) >= 11 is 0. The maximum atomic E-state index is 11.7. The number of likely N-dealkylation sites (tertiary alicyclic amines) is 1. The van der Waals surface area contributed by atoms with Gasteiger partial charge in [0.15, 0.2) is 0 Å². The van der Waals surface area contributed by atoms with E-state index in [1.807, 2.05) is 0 Å². The summed E-state index contributed by atoms with van der Waals surface area (Å²) in [5.74, 6) is 0.0404. The van der Waals surface area contributed by atoms with E-state index in [0.29, 0.717) is 13.0 Å².